The second-order valence-corrected chi connectivity index (χ2v) is 3.61. The number of alkyl halides is 3. The number of halogens is 3. The minimum Gasteiger partial charge on any atom is -0.496 e. The van der Waals surface area contributed by atoms with E-state index in [1.165, 1.54) is 7.11 Å². The summed E-state index contributed by atoms with van der Waals surface area (Å²) in [6.07, 6.45) is -4.21. The second-order valence-electron chi connectivity index (χ2n) is 3.61. The Bertz CT molecular complexity index is 374. The van der Waals surface area contributed by atoms with E-state index in [1.807, 2.05) is 0 Å². The molecule has 0 heterocycles. The monoisotopic (exact) mass is 233 g/mol. The molecule has 0 radical (unpaired) electrons. The molecular formula is C11H14F3NO. The van der Waals surface area contributed by atoms with Gasteiger partial charge in [0.1, 0.15) is 12.3 Å². The molecule has 0 atom stereocenters. The zero-order valence-electron chi connectivity index (χ0n) is 9.40. The van der Waals surface area contributed by atoms with Crippen molar-refractivity contribution in [1.82, 2.24) is 0 Å². The maximum absolute atomic E-state index is 12.0. The number of nitrogens with one attached hydrogen (secondary N) is 1. The van der Waals surface area contributed by atoms with E-state index < -0.39 is 12.7 Å². The van der Waals surface area contributed by atoms with E-state index in [2.05, 4.69) is 5.32 Å². The maximum Gasteiger partial charge on any atom is 0.405 e. The summed E-state index contributed by atoms with van der Waals surface area (Å²) in [4.78, 5) is 0. The lowest BCUT2D eigenvalue weighted by atomic mass is 10.1. The molecule has 0 aliphatic carbocycles. The lowest BCUT2D eigenvalue weighted by Gasteiger charge is -2.14. The predicted octanol–water partition coefficient (Wildman–Crippen LogP) is 3.29. The highest BCUT2D eigenvalue weighted by Crippen LogP contribution is 2.26. The van der Waals surface area contributed by atoms with Crippen LogP contribution in [0.15, 0.2) is 12.1 Å². The fourth-order valence-corrected chi connectivity index (χ4v) is 1.40. The van der Waals surface area contributed by atoms with E-state index >= 15 is 0 Å². The van der Waals surface area contributed by atoms with Crippen molar-refractivity contribution in [2.24, 2.45) is 0 Å². The smallest absolute Gasteiger partial charge is 0.405 e. The summed E-state index contributed by atoms with van der Waals surface area (Å²) in [5.41, 5.74) is 2.01. The van der Waals surface area contributed by atoms with Crippen LogP contribution in [0.2, 0.25) is 0 Å². The summed E-state index contributed by atoms with van der Waals surface area (Å²) in [5, 5.41) is 2.36. The van der Waals surface area contributed by atoms with Crippen LogP contribution in [0.3, 0.4) is 0 Å². The van der Waals surface area contributed by atoms with Crippen LogP contribution >= 0.6 is 0 Å². The fourth-order valence-electron chi connectivity index (χ4n) is 1.40. The third-order valence-electron chi connectivity index (χ3n) is 2.22. The molecule has 1 aromatic rings. The van der Waals surface area contributed by atoms with Crippen LogP contribution in [0.4, 0.5) is 18.9 Å². The zero-order chi connectivity index (χ0) is 12.3. The quantitative estimate of drug-likeness (QED) is 0.865. The summed E-state index contributed by atoms with van der Waals surface area (Å²) in [6.45, 7) is 2.50. The number of benzene rings is 1. The molecule has 1 aromatic carbocycles. The van der Waals surface area contributed by atoms with Crippen molar-refractivity contribution in [3.05, 3.63) is 23.3 Å². The summed E-state index contributed by atoms with van der Waals surface area (Å²) in [7, 11) is 1.53. The minimum atomic E-state index is -4.21. The number of anilines is 1. The first-order valence-corrected chi connectivity index (χ1v) is 4.79. The van der Waals surface area contributed by atoms with E-state index in [0.29, 0.717) is 11.4 Å². The van der Waals surface area contributed by atoms with Crippen molar-refractivity contribution in [3.8, 4) is 5.75 Å². The number of ether oxygens (including phenoxy) is 1. The number of hydrogen-bond donors (Lipinski definition) is 1. The Morgan fingerprint density at radius 3 is 2.31 bits per heavy atom. The first-order valence-electron chi connectivity index (χ1n) is 4.79. The van der Waals surface area contributed by atoms with E-state index in [9.17, 15) is 13.2 Å². The SMILES string of the molecule is COc1cc(C)c(NCC(F)(F)F)cc1C. The van der Waals surface area contributed by atoms with Gasteiger partial charge in [-0.3, -0.25) is 0 Å². The van der Waals surface area contributed by atoms with Gasteiger partial charge in [0.2, 0.25) is 0 Å². The molecule has 0 saturated heterocycles. The van der Waals surface area contributed by atoms with Crippen molar-refractivity contribution in [2.75, 3.05) is 19.0 Å². The topological polar surface area (TPSA) is 21.3 Å². The molecule has 1 rings (SSSR count). The average molecular weight is 233 g/mol. The first-order chi connectivity index (χ1) is 7.33. The average Bonchev–Trinajstić information content (AvgIpc) is 2.17. The highest BCUT2D eigenvalue weighted by atomic mass is 19.4. The van der Waals surface area contributed by atoms with Gasteiger partial charge < -0.3 is 10.1 Å². The zero-order valence-corrected chi connectivity index (χ0v) is 9.40. The Morgan fingerprint density at radius 1 is 1.19 bits per heavy atom. The molecule has 1 N–H and O–H groups in total. The molecule has 0 spiro atoms. The van der Waals surface area contributed by atoms with Crippen LogP contribution in [0.5, 0.6) is 5.75 Å². The summed E-state index contributed by atoms with van der Waals surface area (Å²) < 4.78 is 41.2. The van der Waals surface area contributed by atoms with Gasteiger partial charge in [0, 0.05) is 5.69 Å². The van der Waals surface area contributed by atoms with Gasteiger partial charge in [-0.25, -0.2) is 0 Å². The standard InChI is InChI=1S/C11H14F3NO/c1-7-5-10(16-3)8(2)4-9(7)15-6-11(12,13)14/h4-5,15H,6H2,1-3H3. The number of methoxy groups -OCH3 is 1. The Hall–Kier alpha value is -1.39. The molecule has 5 heteroatoms. The largest absolute Gasteiger partial charge is 0.496 e. The Kier molecular flexibility index (Phi) is 3.67. The van der Waals surface area contributed by atoms with E-state index in [0.717, 1.165) is 11.1 Å². The molecule has 0 aromatic heterocycles. The summed E-state index contributed by atoms with van der Waals surface area (Å²) in [6, 6.07) is 3.37. The molecule has 0 bridgehead atoms. The molecule has 0 saturated carbocycles. The Morgan fingerprint density at radius 2 is 1.81 bits per heavy atom. The molecule has 16 heavy (non-hydrogen) atoms. The molecule has 0 unspecified atom stereocenters. The van der Waals surface area contributed by atoms with Crippen molar-refractivity contribution in [3.63, 3.8) is 0 Å². The van der Waals surface area contributed by atoms with Crippen molar-refractivity contribution < 1.29 is 17.9 Å². The van der Waals surface area contributed by atoms with Crippen LogP contribution < -0.4 is 10.1 Å². The van der Waals surface area contributed by atoms with Crippen LogP contribution in [0, 0.1) is 13.8 Å². The molecular weight excluding hydrogens is 219 g/mol. The number of rotatable bonds is 3. The van der Waals surface area contributed by atoms with Gasteiger partial charge in [-0.2, -0.15) is 13.2 Å². The van der Waals surface area contributed by atoms with Crippen molar-refractivity contribution in [2.45, 2.75) is 20.0 Å². The molecule has 0 aliphatic rings. The molecule has 2 nitrogen and oxygen atoms in total. The van der Waals surface area contributed by atoms with E-state index in [-0.39, 0.29) is 0 Å². The van der Waals surface area contributed by atoms with Gasteiger partial charge in [-0.1, -0.05) is 0 Å². The van der Waals surface area contributed by atoms with Crippen molar-refractivity contribution >= 4 is 5.69 Å². The molecule has 0 amide bonds. The van der Waals surface area contributed by atoms with Gasteiger partial charge in [-0.15, -0.1) is 0 Å². The molecule has 0 fully saturated rings. The Balaban J connectivity index is 2.86. The predicted molar refractivity (Wildman–Crippen MR) is 57.0 cm³/mol. The van der Waals surface area contributed by atoms with Gasteiger partial charge in [0.25, 0.3) is 0 Å². The van der Waals surface area contributed by atoms with E-state index in [1.54, 1.807) is 26.0 Å². The highest BCUT2D eigenvalue weighted by Gasteiger charge is 2.26. The second kappa shape index (κ2) is 4.63. The maximum atomic E-state index is 12.0. The normalized spacial score (nSPS) is 11.4. The molecule has 90 valence electrons. The lowest BCUT2D eigenvalue weighted by Crippen LogP contribution is -2.21. The Labute approximate surface area is 92.4 Å². The van der Waals surface area contributed by atoms with Gasteiger partial charge in [0.05, 0.1) is 7.11 Å². The molecule has 0 aliphatic heterocycles. The fraction of sp³-hybridized carbons (Fsp3) is 0.455. The van der Waals surface area contributed by atoms with Gasteiger partial charge in [0.15, 0.2) is 0 Å². The van der Waals surface area contributed by atoms with Crippen molar-refractivity contribution in [1.29, 1.82) is 0 Å². The van der Waals surface area contributed by atoms with Crippen LogP contribution in [-0.4, -0.2) is 19.8 Å². The van der Waals surface area contributed by atoms with Crippen LogP contribution in [0.1, 0.15) is 11.1 Å². The third-order valence-corrected chi connectivity index (χ3v) is 2.22. The summed E-state index contributed by atoms with van der Waals surface area (Å²) >= 11 is 0. The number of hydrogen-bond acceptors (Lipinski definition) is 2. The number of aryl methyl sites for hydroxylation is 2. The minimum absolute atomic E-state index is 0.482. The van der Waals surface area contributed by atoms with Gasteiger partial charge >= 0.3 is 6.18 Å². The van der Waals surface area contributed by atoms with E-state index in [4.69, 9.17) is 4.74 Å². The third kappa shape index (κ3) is 3.32. The summed E-state index contributed by atoms with van der Waals surface area (Å²) in [5.74, 6) is 0.676. The first kappa shape index (κ1) is 12.7. The lowest BCUT2D eigenvalue weighted by molar-refractivity contribution is -0.115. The highest BCUT2D eigenvalue weighted by molar-refractivity contribution is 5.57. The van der Waals surface area contributed by atoms with Gasteiger partial charge in [-0.05, 0) is 37.1 Å². The van der Waals surface area contributed by atoms with Crippen LogP contribution in [0.25, 0.3) is 0 Å². The van der Waals surface area contributed by atoms with Crippen LogP contribution in [-0.2, 0) is 0 Å².